The molecule has 2 atom stereocenters. The Bertz CT molecular complexity index is 217. The van der Waals surface area contributed by atoms with Crippen LogP contribution >= 0.6 is 12.6 Å². The fraction of sp³-hybridized carbons (Fsp3) is 0.909. The molecule has 4 heteroatoms. The number of hydrogen-bond acceptors (Lipinski definition) is 3. The van der Waals surface area contributed by atoms with Gasteiger partial charge in [0.1, 0.15) is 0 Å². The number of thiol groups is 1. The first-order valence-electron chi connectivity index (χ1n) is 5.81. The Morgan fingerprint density at radius 1 is 1.53 bits per heavy atom. The zero-order valence-corrected chi connectivity index (χ0v) is 10.8. The van der Waals surface area contributed by atoms with Crippen LogP contribution in [-0.4, -0.2) is 53.2 Å². The molecule has 1 fully saturated rings. The molecule has 0 radical (unpaired) electrons. The lowest BCUT2D eigenvalue weighted by molar-refractivity contribution is -0.129. The number of nitrogens with zero attached hydrogens (tertiary/aromatic N) is 2. The Morgan fingerprint density at radius 3 is 2.60 bits per heavy atom. The Hall–Kier alpha value is -0.220. The van der Waals surface area contributed by atoms with E-state index in [9.17, 15) is 4.79 Å². The SMILES string of the molecule is CCN(CC)C1CCN(C(=O)C(C)S)C1. The fourth-order valence-corrected chi connectivity index (χ4v) is 2.41. The van der Waals surface area contributed by atoms with Gasteiger partial charge in [-0.25, -0.2) is 0 Å². The summed E-state index contributed by atoms with van der Waals surface area (Å²) in [6.07, 6.45) is 1.11. The van der Waals surface area contributed by atoms with Crippen LogP contribution in [0.5, 0.6) is 0 Å². The van der Waals surface area contributed by atoms with E-state index in [4.69, 9.17) is 0 Å². The van der Waals surface area contributed by atoms with Crippen LogP contribution in [0.2, 0.25) is 0 Å². The zero-order chi connectivity index (χ0) is 11.4. The molecule has 0 N–H and O–H groups in total. The number of carbonyl (C=O) groups is 1. The Morgan fingerprint density at radius 2 is 2.13 bits per heavy atom. The van der Waals surface area contributed by atoms with Crippen molar-refractivity contribution in [2.24, 2.45) is 0 Å². The van der Waals surface area contributed by atoms with E-state index in [2.05, 4.69) is 31.4 Å². The minimum absolute atomic E-state index is 0.166. The fourth-order valence-electron chi connectivity index (χ4n) is 2.24. The predicted octanol–water partition coefficient (Wildman–Crippen LogP) is 1.25. The lowest BCUT2D eigenvalue weighted by atomic mass is 10.2. The third kappa shape index (κ3) is 3.11. The topological polar surface area (TPSA) is 23.6 Å². The van der Waals surface area contributed by atoms with E-state index in [-0.39, 0.29) is 11.2 Å². The molecule has 0 saturated carbocycles. The van der Waals surface area contributed by atoms with E-state index in [0.29, 0.717) is 6.04 Å². The number of likely N-dealkylation sites (N-methyl/N-ethyl adjacent to an activating group) is 1. The van der Waals surface area contributed by atoms with E-state index in [1.807, 2.05) is 11.8 Å². The van der Waals surface area contributed by atoms with Crippen LogP contribution < -0.4 is 0 Å². The third-order valence-corrected chi connectivity index (χ3v) is 3.38. The van der Waals surface area contributed by atoms with E-state index in [1.165, 1.54) is 0 Å². The van der Waals surface area contributed by atoms with Crippen molar-refractivity contribution < 1.29 is 4.79 Å². The molecule has 1 rings (SSSR count). The van der Waals surface area contributed by atoms with Gasteiger partial charge in [-0.3, -0.25) is 9.69 Å². The molecule has 1 amide bonds. The van der Waals surface area contributed by atoms with E-state index < -0.39 is 0 Å². The van der Waals surface area contributed by atoms with Gasteiger partial charge in [-0.2, -0.15) is 12.6 Å². The van der Waals surface area contributed by atoms with Gasteiger partial charge in [0, 0.05) is 19.1 Å². The van der Waals surface area contributed by atoms with Crippen molar-refractivity contribution in [3.63, 3.8) is 0 Å². The van der Waals surface area contributed by atoms with Crippen LogP contribution in [0.15, 0.2) is 0 Å². The average molecular weight is 230 g/mol. The van der Waals surface area contributed by atoms with Crippen LogP contribution in [-0.2, 0) is 4.79 Å². The highest BCUT2D eigenvalue weighted by Gasteiger charge is 2.30. The van der Waals surface area contributed by atoms with Gasteiger partial charge in [0.15, 0.2) is 0 Å². The number of rotatable bonds is 4. The molecule has 15 heavy (non-hydrogen) atoms. The summed E-state index contributed by atoms with van der Waals surface area (Å²) in [6, 6.07) is 0.552. The lowest BCUT2D eigenvalue weighted by Gasteiger charge is -2.26. The molecule has 1 saturated heterocycles. The highest BCUT2D eigenvalue weighted by Crippen LogP contribution is 2.17. The molecule has 0 aliphatic carbocycles. The van der Waals surface area contributed by atoms with Gasteiger partial charge in [-0.15, -0.1) is 0 Å². The first-order valence-corrected chi connectivity index (χ1v) is 6.32. The lowest BCUT2D eigenvalue weighted by Crippen LogP contribution is -2.40. The smallest absolute Gasteiger partial charge is 0.235 e. The molecule has 0 aromatic heterocycles. The molecule has 3 nitrogen and oxygen atoms in total. The van der Waals surface area contributed by atoms with Gasteiger partial charge >= 0.3 is 0 Å². The van der Waals surface area contributed by atoms with E-state index in [0.717, 1.165) is 32.6 Å². The van der Waals surface area contributed by atoms with Crippen LogP contribution in [0.4, 0.5) is 0 Å². The minimum atomic E-state index is -0.166. The predicted molar refractivity (Wildman–Crippen MR) is 66.4 cm³/mol. The monoisotopic (exact) mass is 230 g/mol. The highest BCUT2D eigenvalue weighted by molar-refractivity contribution is 7.81. The van der Waals surface area contributed by atoms with Crippen molar-refractivity contribution in [3.05, 3.63) is 0 Å². The molecule has 88 valence electrons. The molecule has 0 bridgehead atoms. The quantitative estimate of drug-likeness (QED) is 0.735. The van der Waals surface area contributed by atoms with Crippen molar-refractivity contribution in [2.75, 3.05) is 26.2 Å². The maximum absolute atomic E-state index is 11.7. The average Bonchev–Trinajstić information content (AvgIpc) is 2.67. The molecule has 0 aromatic carbocycles. The van der Waals surface area contributed by atoms with Gasteiger partial charge in [0.25, 0.3) is 0 Å². The second kappa shape index (κ2) is 5.75. The van der Waals surface area contributed by atoms with E-state index >= 15 is 0 Å². The van der Waals surface area contributed by atoms with Gasteiger partial charge in [-0.05, 0) is 26.4 Å². The molecule has 2 unspecified atom stereocenters. The Kier molecular flexibility index (Phi) is 4.93. The second-order valence-electron chi connectivity index (χ2n) is 4.12. The van der Waals surface area contributed by atoms with Crippen LogP contribution in [0.1, 0.15) is 27.2 Å². The van der Waals surface area contributed by atoms with Crippen molar-refractivity contribution in [1.82, 2.24) is 9.80 Å². The van der Waals surface area contributed by atoms with Gasteiger partial charge < -0.3 is 4.90 Å². The first kappa shape index (κ1) is 12.8. The number of carbonyl (C=O) groups excluding carboxylic acids is 1. The van der Waals surface area contributed by atoms with Gasteiger partial charge in [-0.1, -0.05) is 13.8 Å². The van der Waals surface area contributed by atoms with Crippen molar-refractivity contribution in [3.8, 4) is 0 Å². The Labute approximate surface area is 98.2 Å². The molecular formula is C11H22N2OS. The van der Waals surface area contributed by atoms with Gasteiger partial charge in [0.05, 0.1) is 5.25 Å². The summed E-state index contributed by atoms with van der Waals surface area (Å²) in [5.74, 6) is 0.174. The number of likely N-dealkylation sites (tertiary alicyclic amines) is 1. The zero-order valence-electron chi connectivity index (χ0n) is 9.94. The van der Waals surface area contributed by atoms with Crippen molar-refractivity contribution >= 4 is 18.5 Å². The Balaban J connectivity index is 2.48. The van der Waals surface area contributed by atoms with Crippen LogP contribution in [0, 0.1) is 0 Å². The highest BCUT2D eigenvalue weighted by atomic mass is 32.1. The number of hydrogen-bond donors (Lipinski definition) is 1. The molecular weight excluding hydrogens is 208 g/mol. The van der Waals surface area contributed by atoms with Crippen molar-refractivity contribution in [1.29, 1.82) is 0 Å². The van der Waals surface area contributed by atoms with Gasteiger partial charge in [0.2, 0.25) is 5.91 Å². The summed E-state index contributed by atoms with van der Waals surface area (Å²) >= 11 is 4.19. The summed E-state index contributed by atoms with van der Waals surface area (Å²) in [5.41, 5.74) is 0. The molecule has 1 heterocycles. The normalized spacial score (nSPS) is 23.5. The molecule has 1 aliphatic heterocycles. The largest absolute Gasteiger partial charge is 0.340 e. The summed E-state index contributed by atoms with van der Waals surface area (Å²) in [5, 5.41) is -0.166. The summed E-state index contributed by atoms with van der Waals surface area (Å²) < 4.78 is 0. The minimum Gasteiger partial charge on any atom is -0.340 e. The first-order chi connectivity index (χ1) is 7.10. The maximum Gasteiger partial charge on any atom is 0.235 e. The third-order valence-electron chi connectivity index (χ3n) is 3.16. The molecule has 1 aliphatic rings. The summed E-state index contributed by atoms with van der Waals surface area (Å²) in [7, 11) is 0. The van der Waals surface area contributed by atoms with Crippen LogP contribution in [0.25, 0.3) is 0 Å². The summed E-state index contributed by atoms with van der Waals surface area (Å²) in [6.45, 7) is 10.1. The molecule has 0 spiro atoms. The number of amides is 1. The standard InChI is InChI=1S/C11H22N2OS/c1-4-12(5-2)10-6-7-13(8-10)11(14)9(3)15/h9-10,15H,4-8H2,1-3H3. The van der Waals surface area contributed by atoms with Crippen LogP contribution in [0.3, 0.4) is 0 Å². The van der Waals surface area contributed by atoms with Crippen molar-refractivity contribution in [2.45, 2.75) is 38.5 Å². The van der Waals surface area contributed by atoms with E-state index in [1.54, 1.807) is 0 Å². The summed E-state index contributed by atoms with van der Waals surface area (Å²) in [4.78, 5) is 16.1. The second-order valence-corrected chi connectivity index (χ2v) is 4.90. The maximum atomic E-state index is 11.7. The molecule has 0 aromatic rings.